The third-order valence-electron chi connectivity index (χ3n) is 3.55. The average molecular weight is 248 g/mol. The lowest BCUT2D eigenvalue weighted by Gasteiger charge is -2.29. The van der Waals surface area contributed by atoms with Gasteiger partial charge in [0.25, 0.3) is 0 Å². The topological polar surface area (TPSA) is 20.2 Å². The molecular weight excluding hydrogens is 220 g/mol. The fourth-order valence-electron chi connectivity index (χ4n) is 2.52. The average Bonchev–Trinajstić information content (AvgIpc) is 2.25. The van der Waals surface area contributed by atoms with Gasteiger partial charge in [0.1, 0.15) is 5.75 Å². The van der Waals surface area contributed by atoms with Crippen LogP contribution in [0.25, 0.3) is 0 Å². The van der Waals surface area contributed by atoms with Crippen molar-refractivity contribution in [1.29, 1.82) is 0 Å². The Labute approximate surface area is 112 Å². The molecule has 1 aromatic carbocycles. The quantitative estimate of drug-likeness (QED) is 0.783. The first kappa shape index (κ1) is 15.1. The van der Waals surface area contributed by atoms with Crippen LogP contribution < -0.4 is 0 Å². The van der Waals surface area contributed by atoms with Crippen molar-refractivity contribution in [3.8, 4) is 5.75 Å². The maximum absolute atomic E-state index is 9.79. The highest BCUT2D eigenvalue weighted by molar-refractivity contribution is 5.37. The molecular formula is C17H28O. The van der Waals surface area contributed by atoms with E-state index in [9.17, 15) is 5.11 Å². The molecule has 1 rings (SSSR count). The molecule has 0 bridgehead atoms. The van der Waals surface area contributed by atoms with Crippen LogP contribution in [0.15, 0.2) is 18.2 Å². The molecule has 18 heavy (non-hydrogen) atoms. The van der Waals surface area contributed by atoms with Gasteiger partial charge in [-0.05, 0) is 47.3 Å². The Hall–Kier alpha value is -0.980. The Balaban J connectivity index is 3.06. The molecule has 1 N–H and O–H groups in total. The van der Waals surface area contributed by atoms with E-state index in [1.54, 1.807) is 0 Å². The van der Waals surface area contributed by atoms with Crippen molar-refractivity contribution in [2.75, 3.05) is 0 Å². The number of phenolic OH excluding ortho intramolecular Hbond substituents is 1. The Kier molecular flexibility index (Phi) is 4.84. The Morgan fingerprint density at radius 3 is 2.22 bits per heavy atom. The van der Waals surface area contributed by atoms with Crippen molar-refractivity contribution < 1.29 is 5.11 Å². The first-order valence-corrected chi connectivity index (χ1v) is 7.06. The second-order valence-electron chi connectivity index (χ2n) is 6.86. The summed E-state index contributed by atoms with van der Waals surface area (Å²) in [6, 6.07) is 6.13. The first-order chi connectivity index (χ1) is 8.24. The zero-order valence-electron chi connectivity index (χ0n) is 12.7. The Morgan fingerprint density at radius 2 is 1.78 bits per heavy atom. The predicted octanol–water partition coefficient (Wildman–Crippen LogP) is 5.13. The van der Waals surface area contributed by atoms with Gasteiger partial charge in [-0.2, -0.15) is 0 Å². The van der Waals surface area contributed by atoms with Crippen molar-refractivity contribution in [1.82, 2.24) is 0 Å². The van der Waals surface area contributed by atoms with Crippen LogP contribution in [0.4, 0.5) is 0 Å². The van der Waals surface area contributed by atoms with Gasteiger partial charge in [0, 0.05) is 0 Å². The standard InChI is InChI=1S/C17H28O/c1-7-13-10-14(8-9-16(13)18)15(12(2)3)11-17(4,5)6/h8-10,12,15,18H,7,11H2,1-6H3. The van der Waals surface area contributed by atoms with Crippen LogP contribution in [-0.4, -0.2) is 5.11 Å². The minimum absolute atomic E-state index is 0.333. The molecule has 0 saturated heterocycles. The summed E-state index contributed by atoms with van der Waals surface area (Å²) in [7, 11) is 0. The highest BCUT2D eigenvalue weighted by atomic mass is 16.3. The van der Waals surface area contributed by atoms with Gasteiger partial charge < -0.3 is 5.11 Å². The van der Waals surface area contributed by atoms with Gasteiger partial charge >= 0.3 is 0 Å². The highest BCUT2D eigenvalue weighted by Crippen LogP contribution is 2.37. The molecule has 0 radical (unpaired) electrons. The molecule has 0 amide bonds. The third-order valence-corrected chi connectivity index (χ3v) is 3.55. The number of aromatic hydroxyl groups is 1. The van der Waals surface area contributed by atoms with Crippen molar-refractivity contribution in [3.05, 3.63) is 29.3 Å². The minimum atomic E-state index is 0.333. The van der Waals surface area contributed by atoms with Crippen molar-refractivity contribution in [2.45, 2.75) is 60.3 Å². The second-order valence-corrected chi connectivity index (χ2v) is 6.86. The van der Waals surface area contributed by atoms with Crippen LogP contribution in [0, 0.1) is 11.3 Å². The predicted molar refractivity (Wildman–Crippen MR) is 79.1 cm³/mol. The molecule has 0 aliphatic heterocycles. The first-order valence-electron chi connectivity index (χ1n) is 7.06. The fraction of sp³-hybridized carbons (Fsp3) is 0.647. The van der Waals surface area contributed by atoms with Crippen molar-refractivity contribution in [2.24, 2.45) is 11.3 Å². The molecule has 1 unspecified atom stereocenters. The molecule has 0 aromatic heterocycles. The SMILES string of the molecule is CCc1cc(C(CC(C)(C)C)C(C)C)ccc1O. The summed E-state index contributed by atoms with van der Waals surface area (Å²) in [5.41, 5.74) is 2.76. The molecule has 1 aromatic rings. The Morgan fingerprint density at radius 1 is 1.17 bits per heavy atom. The van der Waals surface area contributed by atoms with Gasteiger partial charge in [0.15, 0.2) is 0 Å². The lowest BCUT2D eigenvalue weighted by Crippen LogP contribution is -2.16. The monoisotopic (exact) mass is 248 g/mol. The Bertz CT molecular complexity index is 385. The maximum atomic E-state index is 9.79. The lowest BCUT2D eigenvalue weighted by atomic mass is 9.76. The molecule has 1 heteroatoms. The molecule has 0 fully saturated rings. The van der Waals surface area contributed by atoms with E-state index in [1.165, 1.54) is 12.0 Å². The summed E-state index contributed by atoms with van der Waals surface area (Å²) in [5.74, 6) is 1.62. The van der Waals surface area contributed by atoms with Gasteiger partial charge in [-0.1, -0.05) is 53.7 Å². The highest BCUT2D eigenvalue weighted by Gasteiger charge is 2.23. The summed E-state index contributed by atoms with van der Waals surface area (Å²) in [5, 5.41) is 9.79. The van der Waals surface area contributed by atoms with Crippen LogP contribution in [-0.2, 0) is 6.42 Å². The van der Waals surface area contributed by atoms with E-state index >= 15 is 0 Å². The molecule has 0 spiro atoms. The number of rotatable bonds is 4. The van der Waals surface area contributed by atoms with Crippen LogP contribution >= 0.6 is 0 Å². The molecule has 0 aliphatic rings. The van der Waals surface area contributed by atoms with Crippen LogP contribution in [0.1, 0.15) is 65.0 Å². The number of benzene rings is 1. The summed E-state index contributed by atoms with van der Waals surface area (Å²) in [4.78, 5) is 0. The van der Waals surface area contributed by atoms with E-state index in [1.807, 2.05) is 6.07 Å². The van der Waals surface area contributed by atoms with Gasteiger partial charge in [0.05, 0.1) is 0 Å². The number of hydrogen-bond acceptors (Lipinski definition) is 1. The normalized spacial score (nSPS) is 13.9. The van der Waals surface area contributed by atoms with E-state index in [-0.39, 0.29) is 0 Å². The summed E-state index contributed by atoms with van der Waals surface area (Å²) >= 11 is 0. The van der Waals surface area contributed by atoms with Crippen molar-refractivity contribution >= 4 is 0 Å². The zero-order chi connectivity index (χ0) is 13.9. The van der Waals surface area contributed by atoms with Gasteiger partial charge in [-0.15, -0.1) is 0 Å². The summed E-state index contributed by atoms with van der Waals surface area (Å²) in [6.45, 7) is 13.5. The smallest absolute Gasteiger partial charge is 0.118 e. The van der Waals surface area contributed by atoms with E-state index in [2.05, 4.69) is 53.7 Å². The molecule has 0 saturated carbocycles. The summed E-state index contributed by atoms with van der Waals surface area (Å²) in [6.07, 6.45) is 2.07. The zero-order valence-corrected chi connectivity index (χ0v) is 12.7. The number of phenols is 1. The molecule has 0 aliphatic carbocycles. The molecule has 102 valence electrons. The van der Waals surface area contributed by atoms with Crippen LogP contribution in [0.3, 0.4) is 0 Å². The van der Waals surface area contributed by atoms with Crippen molar-refractivity contribution in [3.63, 3.8) is 0 Å². The van der Waals surface area contributed by atoms with E-state index in [4.69, 9.17) is 0 Å². The largest absolute Gasteiger partial charge is 0.508 e. The van der Waals surface area contributed by atoms with Crippen LogP contribution in [0.5, 0.6) is 5.75 Å². The van der Waals surface area contributed by atoms with E-state index < -0.39 is 0 Å². The molecule has 1 nitrogen and oxygen atoms in total. The van der Waals surface area contributed by atoms with Gasteiger partial charge in [-0.3, -0.25) is 0 Å². The molecule has 0 heterocycles. The van der Waals surface area contributed by atoms with E-state index in [0.717, 1.165) is 12.0 Å². The maximum Gasteiger partial charge on any atom is 0.118 e. The number of hydrogen-bond donors (Lipinski definition) is 1. The van der Waals surface area contributed by atoms with Gasteiger partial charge in [-0.25, -0.2) is 0 Å². The van der Waals surface area contributed by atoms with Crippen LogP contribution in [0.2, 0.25) is 0 Å². The fourth-order valence-corrected chi connectivity index (χ4v) is 2.52. The third kappa shape index (κ3) is 4.04. The van der Waals surface area contributed by atoms with E-state index in [0.29, 0.717) is 23.0 Å². The van der Waals surface area contributed by atoms with Gasteiger partial charge in [0.2, 0.25) is 0 Å². The minimum Gasteiger partial charge on any atom is -0.508 e. The summed E-state index contributed by atoms with van der Waals surface area (Å²) < 4.78 is 0. The second kappa shape index (κ2) is 5.77. The lowest BCUT2D eigenvalue weighted by molar-refractivity contribution is 0.301. The molecule has 1 atom stereocenters. The number of aryl methyl sites for hydroxylation is 1.